The van der Waals surface area contributed by atoms with Crippen molar-refractivity contribution in [3.8, 4) is 0 Å². The Bertz CT molecular complexity index is 544. The molecule has 0 radical (unpaired) electrons. The Labute approximate surface area is 134 Å². The fourth-order valence-corrected chi connectivity index (χ4v) is 4.06. The summed E-state index contributed by atoms with van der Waals surface area (Å²) in [4.78, 5) is 14.0. The van der Waals surface area contributed by atoms with Crippen LogP contribution in [0.25, 0.3) is 0 Å². The van der Waals surface area contributed by atoms with E-state index in [1.54, 1.807) is 0 Å². The summed E-state index contributed by atoms with van der Waals surface area (Å²) in [6, 6.07) is 16.1. The van der Waals surface area contributed by atoms with Crippen LogP contribution < -0.4 is 0 Å². The molecule has 110 valence electrons. The van der Waals surface area contributed by atoms with Gasteiger partial charge in [-0.1, -0.05) is 35.4 Å². The average Bonchev–Trinajstić information content (AvgIpc) is 2.50. The van der Waals surface area contributed by atoms with E-state index in [1.165, 1.54) is 34.7 Å². The lowest BCUT2D eigenvalue weighted by molar-refractivity contribution is -0.119. The highest BCUT2D eigenvalue weighted by molar-refractivity contribution is 8.18. The number of carbonyl (C=O) groups excluding carboxylic acids is 1. The summed E-state index contributed by atoms with van der Waals surface area (Å²) >= 11 is 2.97. The molecule has 0 heterocycles. The van der Waals surface area contributed by atoms with E-state index in [9.17, 15) is 9.90 Å². The molecule has 0 amide bonds. The average molecular weight is 318 g/mol. The van der Waals surface area contributed by atoms with E-state index < -0.39 is 6.61 Å². The van der Waals surface area contributed by atoms with Gasteiger partial charge >= 0.3 is 0 Å². The predicted molar refractivity (Wildman–Crippen MR) is 90.0 cm³/mol. The summed E-state index contributed by atoms with van der Waals surface area (Å²) in [5, 5.41) is 9.17. The quantitative estimate of drug-likeness (QED) is 0.643. The molecule has 0 aromatic heterocycles. The summed E-state index contributed by atoms with van der Waals surface area (Å²) < 4.78 is -0.333. The Morgan fingerprint density at radius 3 is 1.62 bits per heavy atom. The Morgan fingerprint density at radius 2 is 1.29 bits per heavy atom. The maximum absolute atomic E-state index is 12.0. The molecule has 0 aliphatic rings. The topological polar surface area (TPSA) is 37.3 Å². The molecular weight excluding hydrogens is 300 g/mol. The number of carbonyl (C=O) groups is 1. The Hall–Kier alpha value is -1.23. The molecule has 0 aliphatic heterocycles. The molecule has 2 aromatic carbocycles. The van der Waals surface area contributed by atoms with Crippen molar-refractivity contribution in [1.82, 2.24) is 0 Å². The van der Waals surface area contributed by atoms with E-state index in [1.807, 2.05) is 62.4 Å². The maximum Gasteiger partial charge on any atom is 0.181 e. The van der Waals surface area contributed by atoms with Gasteiger partial charge in [-0.15, -0.1) is 23.5 Å². The van der Waals surface area contributed by atoms with Gasteiger partial charge in [0.1, 0.15) is 11.2 Å². The molecule has 0 saturated heterocycles. The van der Waals surface area contributed by atoms with Crippen LogP contribution in [0.5, 0.6) is 0 Å². The van der Waals surface area contributed by atoms with E-state index in [-0.39, 0.29) is 10.4 Å². The van der Waals surface area contributed by atoms with Crippen molar-refractivity contribution < 1.29 is 9.90 Å². The smallest absolute Gasteiger partial charge is 0.181 e. The third-order valence-electron chi connectivity index (χ3n) is 2.95. The highest BCUT2D eigenvalue weighted by Crippen LogP contribution is 2.36. The van der Waals surface area contributed by atoms with Gasteiger partial charge in [-0.25, -0.2) is 0 Å². The largest absolute Gasteiger partial charge is 0.389 e. The van der Waals surface area contributed by atoms with Crippen molar-refractivity contribution >= 4 is 29.3 Å². The van der Waals surface area contributed by atoms with Crippen LogP contribution in [-0.4, -0.2) is 22.1 Å². The first-order chi connectivity index (χ1) is 10.1. The zero-order valence-corrected chi connectivity index (χ0v) is 13.7. The summed E-state index contributed by atoms with van der Waals surface area (Å²) in [5.41, 5.74) is 2.38. The van der Waals surface area contributed by atoms with E-state index in [0.717, 1.165) is 9.79 Å². The van der Waals surface area contributed by atoms with Gasteiger partial charge in [-0.3, -0.25) is 4.79 Å². The zero-order valence-electron chi connectivity index (χ0n) is 12.1. The first-order valence-electron chi connectivity index (χ1n) is 6.68. The van der Waals surface area contributed by atoms with Crippen LogP contribution in [0.2, 0.25) is 0 Å². The van der Waals surface area contributed by atoms with E-state index in [0.29, 0.717) is 0 Å². The Kier molecular flexibility index (Phi) is 5.91. The molecule has 0 bridgehead atoms. The number of aliphatic hydroxyl groups is 1. The van der Waals surface area contributed by atoms with Gasteiger partial charge in [0, 0.05) is 9.79 Å². The fraction of sp³-hybridized carbons (Fsp3) is 0.235. The van der Waals surface area contributed by atoms with Crippen LogP contribution in [0, 0.1) is 13.8 Å². The van der Waals surface area contributed by atoms with Gasteiger partial charge in [0.15, 0.2) is 5.78 Å². The van der Waals surface area contributed by atoms with Crippen LogP contribution in [0.1, 0.15) is 11.1 Å². The minimum atomic E-state index is -0.428. The molecule has 0 spiro atoms. The van der Waals surface area contributed by atoms with Gasteiger partial charge in [0.25, 0.3) is 0 Å². The number of aryl methyl sites for hydroxylation is 2. The van der Waals surface area contributed by atoms with Crippen molar-refractivity contribution in [2.45, 2.75) is 28.2 Å². The first kappa shape index (κ1) is 16.1. The van der Waals surface area contributed by atoms with Gasteiger partial charge in [0.05, 0.1) is 0 Å². The number of Topliss-reactive ketones (excluding diaryl/α,β-unsaturated/α-hetero) is 1. The van der Waals surface area contributed by atoms with Gasteiger partial charge in [-0.2, -0.15) is 0 Å². The van der Waals surface area contributed by atoms with Crippen LogP contribution in [0.3, 0.4) is 0 Å². The van der Waals surface area contributed by atoms with Crippen molar-refractivity contribution in [1.29, 1.82) is 0 Å². The molecule has 0 aliphatic carbocycles. The number of thioether (sulfide) groups is 2. The number of hydrogen-bond acceptors (Lipinski definition) is 4. The third-order valence-corrected chi connectivity index (χ3v) is 5.57. The normalized spacial score (nSPS) is 10.9. The molecule has 0 fully saturated rings. The SMILES string of the molecule is Cc1ccc(SC(Sc2ccc(C)cc2)C(=O)CO)cc1. The molecular formula is C17H18O2S2. The van der Waals surface area contributed by atoms with Gasteiger partial charge in [-0.05, 0) is 38.1 Å². The molecule has 0 atom stereocenters. The number of hydrogen-bond donors (Lipinski definition) is 1. The number of rotatable bonds is 6. The molecule has 2 nitrogen and oxygen atoms in total. The summed E-state index contributed by atoms with van der Waals surface area (Å²) in [7, 11) is 0. The van der Waals surface area contributed by atoms with Crippen molar-refractivity contribution in [2.75, 3.05) is 6.61 Å². The maximum atomic E-state index is 12.0. The van der Waals surface area contributed by atoms with Crippen molar-refractivity contribution in [2.24, 2.45) is 0 Å². The molecule has 1 N–H and O–H groups in total. The Balaban J connectivity index is 2.12. The van der Waals surface area contributed by atoms with Crippen LogP contribution in [0.15, 0.2) is 58.3 Å². The number of benzene rings is 2. The second kappa shape index (κ2) is 7.69. The minimum Gasteiger partial charge on any atom is -0.389 e. The van der Waals surface area contributed by atoms with Crippen LogP contribution >= 0.6 is 23.5 Å². The van der Waals surface area contributed by atoms with E-state index >= 15 is 0 Å². The molecule has 21 heavy (non-hydrogen) atoms. The molecule has 2 rings (SSSR count). The van der Waals surface area contributed by atoms with Crippen LogP contribution in [0.4, 0.5) is 0 Å². The zero-order chi connectivity index (χ0) is 15.2. The summed E-state index contributed by atoms with van der Waals surface area (Å²) in [6.45, 7) is 3.64. The van der Waals surface area contributed by atoms with Crippen molar-refractivity contribution in [3.05, 3.63) is 59.7 Å². The highest BCUT2D eigenvalue weighted by atomic mass is 32.2. The fourth-order valence-electron chi connectivity index (χ4n) is 1.71. The van der Waals surface area contributed by atoms with Crippen molar-refractivity contribution in [3.63, 3.8) is 0 Å². The Morgan fingerprint density at radius 1 is 0.905 bits per heavy atom. The lowest BCUT2D eigenvalue weighted by atomic mass is 10.2. The number of aliphatic hydroxyl groups excluding tert-OH is 1. The molecule has 4 heteroatoms. The van der Waals surface area contributed by atoms with E-state index in [4.69, 9.17) is 0 Å². The molecule has 0 saturated carbocycles. The predicted octanol–water partition coefficient (Wildman–Crippen LogP) is 4.08. The van der Waals surface area contributed by atoms with Gasteiger partial charge < -0.3 is 5.11 Å². The highest BCUT2D eigenvalue weighted by Gasteiger charge is 2.20. The monoisotopic (exact) mass is 318 g/mol. The standard InChI is InChI=1S/C17H18O2S2/c1-12-3-7-14(8-4-12)20-17(16(19)11-18)21-15-9-5-13(2)6-10-15/h3-10,17-18H,11H2,1-2H3. The third kappa shape index (κ3) is 4.92. The molecule has 0 unspecified atom stereocenters. The van der Waals surface area contributed by atoms with E-state index in [2.05, 4.69) is 0 Å². The number of ketones is 1. The minimum absolute atomic E-state index is 0.161. The summed E-state index contributed by atoms with van der Waals surface area (Å²) in [5.74, 6) is -0.161. The first-order valence-corrected chi connectivity index (χ1v) is 8.44. The molecule has 2 aromatic rings. The summed E-state index contributed by atoms with van der Waals surface area (Å²) in [6.07, 6.45) is 0. The van der Waals surface area contributed by atoms with Gasteiger partial charge in [0.2, 0.25) is 0 Å². The lowest BCUT2D eigenvalue weighted by Crippen LogP contribution is -2.17. The lowest BCUT2D eigenvalue weighted by Gasteiger charge is -2.14. The second-order valence-corrected chi connectivity index (χ2v) is 7.47. The second-order valence-electron chi connectivity index (χ2n) is 4.82. The van der Waals surface area contributed by atoms with Crippen LogP contribution in [-0.2, 0) is 4.79 Å².